The summed E-state index contributed by atoms with van der Waals surface area (Å²) in [6, 6.07) is 58.2. The lowest BCUT2D eigenvalue weighted by molar-refractivity contribution is 1.11. The van der Waals surface area contributed by atoms with Gasteiger partial charge in [-0.3, -0.25) is 0 Å². The zero-order valence-corrected chi connectivity index (χ0v) is 27.9. The van der Waals surface area contributed by atoms with Gasteiger partial charge in [-0.1, -0.05) is 139 Å². The lowest BCUT2D eigenvalue weighted by Gasteiger charge is -2.20. The third-order valence-corrected chi connectivity index (χ3v) is 11.9. The summed E-state index contributed by atoms with van der Waals surface area (Å²) in [7, 11) is 0. The topological polar surface area (TPSA) is 30.7 Å². The van der Waals surface area contributed by atoms with Gasteiger partial charge in [0, 0.05) is 53.2 Å². The summed E-state index contributed by atoms with van der Waals surface area (Å²) in [4.78, 5) is 15.4. The van der Waals surface area contributed by atoms with Crippen LogP contribution in [0.4, 0.5) is 0 Å². The number of fused-ring (bicyclic) bond motifs is 8. The first-order chi connectivity index (χ1) is 24.3. The van der Waals surface area contributed by atoms with Crippen LogP contribution in [0.3, 0.4) is 0 Å². The molecule has 0 unspecified atom stereocenters. The third kappa shape index (κ3) is 4.77. The zero-order chi connectivity index (χ0) is 32.3. The second-order valence-corrected chi connectivity index (χ2v) is 14.3. The zero-order valence-electron chi connectivity index (χ0n) is 26.2. The molecular formula is C44H27N3S2. The molecule has 0 aliphatic carbocycles. The molecule has 9 aromatic rings. The number of hydrogen-bond acceptors (Lipinski definition) is 4. The standard InChI is InChI=1S/C44H27N3S2/c1-3-12-29(13-4-1)36-27-37(30-14-5-2-6-15-30)46-44(45-36)31-19-22-32(23-20-31)47-41-33-16-8-7-11-28(33)21-24-34(41)35-25-26-40-43(42(35)47)49-39-18-10-9-17-38(39)48-40/h1-27H. The van der Waals surface area contributed by atoms with E-state index in [1.807, 2.05) is 35.7 Å². The molecule has 0 amide bonds. The summed E-state index contributed by atoms with van der Waals surface area (Å²) in [6.07, 6.45) is 0. The van der Waals surface area contributed by atoms with Gasteiger partial charge >= 0.3 is 0 Å². The summed E-state index contributed by atoms with van der Waals surface area (Å²) in [6.45, 7) is 0. The van der Waals surface area contributed by atoms with Gasteiger partial charge in [-0.05, 0) is 53.9 Å². The van der Waals surface area contributed by atoms with Crippen LogP contribution in [0, 0.1) is 0 Å². The van der Waals surface area contributed by atoms with E-state index in [4.69, 9.17) is 9.97 Å². The highest BCUT2D eigenvalue weighted by Gasteiger charge is 2.25. The first-order valence-corrected chi connectivity index (χ1v) is 18.0. The van der Waals surface area contributed by atoms with Gasteiger partial charge in [0.25, 0.3) is 0 Å². The molecule has 7 aromatic carbocycles. The number of hydrogen-bond donors (Lipinski definition) is 0. The Morgan fingerprint density at radius 3 is 1.71 bits per heavy atom. The monoisotopic (exact) mass is 661 g/mol. The average molecular weight is 662 g/mol. The Kier molecular flexibility index (Phi) is 6.67. The van der Waals surface area contributed by atoms with Crippen molar-refractivity contribution in [3.05, 3.63) is 164 Å². The molecule has 2 aromatic heterocycles. The Balaban J connectivity index is 1.18. The molecule has 0 atom stereocenters. The lowest BCUT2D eigenvalue weighted by atomic mass is 10.1. The maximum absolute atomic E-state index is 5.09. The van der Waals surface area contributed by atoms with Crippen molar-refractivity contribution in [1.82, 2.24) is 14.5 Å². The van der Waals surface area contributed by atoms with Crippen LogP contribution in [-0.4, -0.2) is 14.5 Å². The molecule has 0 saturated heterocycles. The van der Waals surface area contributed by atoms with Crippen LogP contribution in [0.25, 0.3) is 72.2 Å². The van der Waals surface area contributed by atoms with Crippen LogP contribution in [0.15, 0.2) is 183 Å². The number of benzene rings is 7. The van der Waals surface area contributed by atoms with Crippen molar-refractivity contribution < 1.29 is 0 Å². The summed E-state index contributed by atoms with van der Waals surface area (Å²) in [5.74, 6) is 0.709. The molecule has 1 aliphatic heterocycles. The van der Waals surface area contributed by atoms with Gasteiger partial charge in [0.2, 0.25) is 0 Å². The van der Waals surface area contributed by atoms with E-state index in [-0.39, 0.29) is 0 Å². The van der Waals surface area contributed by atoms with E-state index in [1.54, 1.807) is 0 Å². The van der Waals surface area contributed by atoms with Crippen LogP contribution in [0.5, 0.6) is 0 Å². The molecule has 0 spiro atoms. The highest BCUT2D eigenvalue weighted by molar-refractivity contribution is 8.05. The first-order valence-electron chi connectivity index (χ1n) is 16.3. The lowest BCUT2D eigenvalue weighted by Crippen LogP contribution is -1.99. The Labute approximate surface area is 292 Å². The van der Waals surface area contributed by atoms with E-state index < -0.39 is 0 Å². The van der Waals surface area contributed by atoms with Crippen molar-refractivity contribution >= 4 is 56.1 Å². The predicted octanol–water partition coefficient (Wildman–Crippen LogP) is 12.3. The van der Waals surface area contributed by atoms with Crippen LogP contribution >= 0.6 is 23.5 Å². The summed E-state index contributed by atoms with van der Waals surface area (Å²) >= 11 is 3.74. The molecule has 0 saturated carbocycles. The quantitative estimate of drug-likeness (QED) is 0.188. The fraction of sp³-hybridized carbons (Fsp3) is 0. The normalized spacial score (nSPS) is 12.3. The van der Waals surface area contributed by atoms with Crippen LogP contribution < -0.4 is 0 Å². The number of aromatic nitrogens is 3. The highest BCUT2D eigenvalue weighted by Crippen LogP contribution is 2.53. The molecule has 10 rings (SSSR count). The molecule has 230 valence electrons. The smallest absolute Gasteiger partial charge is 0.160 e. The number of nitrogens with zero attached hydrogens (tertiary/aromatic N) is 3. The van der Waals surface area contributed by atoms with Gasteiger partial charge < -0.3 is 4.57 Å². The number of rotatable bonds is 4. The fourth-order valence-electron chi connectivity index (χ4n) is 6.95. The largest absolute Gasteiger partial charge is 0.307 e. The molecule has 3 nitrogen and oxygen atoms in total. The molecule has 1 aliphatic rings. The van der Waals surface area contributed by atoms with E-state index in [0.29, 0.717) is 5.82 Å². The van der Waals surface area contributed by atoms with Gasteiger partial charge in [0.1, 0.15) is 0 Å². The third-order valence-electron chi connectivity index (χ3n) is 9.26. The van der Waals surface area contributed by atoms with E-state index in [9.17, 15) is 0 Å². The van der Waals surface area contributed by atoms with Crippen LogP contribution in [-0.2, 0) is 0 Å². The van der Waals surface area contributed by atoms with Gasteiger partial charge in [-0.25, -0.2) is 9.97 Å². The van der Waals surface area contributed by atoms with Gasteiger partial charge in [-0.2, -0.15) is 0 Å². The van der Waals surface area contributed by atoms with Crippen molar-refractivity contribution in [2.45, 2.75) is 19.6 Å². The van der Waals surface area contributed by atoms with E-state index in [2.05, 4.69) is 156 Å². The molecule has 0 fully saturated rings. The molecule has 0 bridgehead atoms. The van der Waals surface area contributed by atoms with Gasteiger partial charge in [-0.15, -0.1) is 0 Å². The second-order valence-electron chi connectivity index (χ2n) is 12.2. The van der Waals surface area contributed by atoms with Crippen molar-refractivity contribution in [2.75, 3.05) is 0 Å². The molecule has 5 heteroatoms. The minimum Gasteiger partial charge on any atom is -0.307 e. The average Bonchev–Trinajstić information content (AvgIpc) is 3.53. The Bertz CT molecular complexity index is 2640. The summed E-state index contributed by atoms with van der Waals surface area (Å²) in [5, 5.41) is 5.00. The fourth-order valence-corrected chi connectivity index (χ4v) is 9.33. The maximum atomic E-state index is 5.09. The molecular weight excluding hydrogens is 635 g/mol. The van der Waals surface area contributed by atoms with Crippen molar-refractivity contribution in [3.63, 3.8) is 0 Å². The molecule has 3 heterocycles. The summed E-state index contributed by atoms with van der Waals surface area (Å²) in [5.41, 5.74) is 8.51. The van der Waals surface area contributed by atoms with Crippen molar-refractivity contribution in [3.8, 4) is 39.6 Å². The van der Waals surface area contributed by atoms with E-state index >= 15 is 0 Å². The van der Waals surface area contributed by atoms with Crippen molar-refractivity contribution in [1.29, 1.82) is 0 Å². The predicted molar refractivity (Wildman–Crippen MR) is 205 cm³/mol. The molecule has 49 heavy (non-hydrogen) atoms. The maximum Gasteiger partial charge on any atom is 0.160 e. The molecule has 0 N–H and O–H groups in total. The van der Waals surface area contributed by atoms with E-state index in [1.165, 1.54) is 52.2 Å². The summed E-state index contributed by atoms with van der Waals surface area (Å²) < 4.78 is 2.48. The SMILES string of the molecule is c1ccc(-c2cc(-c3ccccc3)nc(-c3ccc(-n4c5c6c(ccc5c5ccc7ccccc7c54)Sc4ccccc4S6)cc3)n2)cc1. The van der Waals surface area contributed by atoms with Gasteiger partial charge in [0.15, 0.2) is 5.82 Å². The highest BCUT2D eigenvalue weighted by atomic mass is 32.2. The first kappa shape index (κ1) is 28.4. The second kappa shape index (κ2) is 11.5. The van der Waals surface area contributed by atoms with Crippen LogP contribution in [0.2, 0.25) is 0 Å². The minimum atomic E-state index is 0.709. The Morgan fingerprint density at radius 2 is 1.00 bits per heavy atom. The Hall–Kier alpha value is -5.62. The van der Waals surface area contributed by atoms with Crippen molar-refractivity contribution in [2.24, 2.45) is 0 Å². The van der Waals surface area contributed by atoms with E-state index in [0.717, 1.165) is 33.8 Å². The van der Waals surface area contributed by atoms with Crippen LogP contribution in [0.1, 0.15) is 0 Å². The molecule has 0 radical (unpaired) electrons. The van der Waals surface area contributed by atoms with Gasteiger partial charge in [0.05, 0.1) is 27.3 Å². The minimum absolute atomic E-state index is 0.709. The Morgan fingerprint density at radius 1 is 0.408 bits per heavy atom.